The Balaban J connectivity index is 1.43. The maximum Gasteiger partial charge on any atom is 0.246 e. The lowest BCUT2D eigenvalue weighted by atomic mass is 10.1. The van der Waals surface area contributed by atoms with E-state index in [2.05, 4.69) is 9.97 Å². The topological polar surface area (TPSA) is 123 Å². The predicted octanol–water partition coefficient (Wildman–Crippen LogP) is 4.33. The average molecular weight is 480 g/mol. The first-order valence-electron chi connectivity index (χ1n) is 11.8. The molecule has 2 aromatic carbocycles. The van der Waals surface area contributed by atoms with Gasteiger partial charge in [0.1, 0.15) is 29.3 Å². The number of carbonyl (C=O) groups is 1. The predicted molar refractivity (Wildman–Crippen MR) is 136 cm³/mol. The molecule has 2 aromatic heterocycles. The van der Waals surface area contributed by atoms with Gasteiger partial charge in [0.2, 0.25) is 5.91 Å². The number of nitrogens with two attached hydrogens (primary N) is 1. The Kier molecular flexibility index (Phi) is 6.58. The summed E-state index contributed by atoms with van der Waals surface area (Å²) in [5, 5.41) is 14.3. The Morgan fingerprint density at radius 3 is 2.69 bits per heavy atom. The van der Waals surface area contributed by atoms with Gasteiger partial charge in [0.15, 0.2) is 5.65 Å². The number of likely N-dealkylation sites (tertiary alicyclic amines) is 1. The average Bonchev–Trinajstić information content (AvgIpc) is 3.51. The zero-order chi connectivity index (χ0) is 24.9. The third-order valence-corrected chi connectivity index (χ3v) is 6.18. The fourth-order valence-corrected chi connectivity index (χ4v) is 4.49. The molecule has 0 unspecified atom stereocenters. The fourth-order valence-electron chi connectivity index (χ4n) is 4.49. The minimum atomic E-state index is -0.0902. The number of hydrogen-bond donors (Lipinski definition) is 1. The van der Waals surface area contributed by atoms with Crippen molar-refractivity contribution in [3.05, 3.63) is 73.1 Å². The van der Waals surface area contributed by atoms with Gasteiger partial charge in [0.25, 0.3) is 0 Å². The molecule has 1 saturated heterocycles. The molecule has 180 valence electrons. The van der Waals surface area contributed by atoms with Gasteiger partial charge in [0, 0.05) is 18.2 Å². The van der Waals surface area contributed by atoms with Crippen LogP contribution in [0.25, 0.3) is 22.3 Å². The molecule has 2 N–H and O–H groups in total. The molecule has 9 heteroatoms. The lowest BCUT2D eigenvalue weighted by molar-refractivity contribution is -0.127. The Morgan fingerprint density at radius 2 is 1.92 bits per heavy atom. The molecule has 1 fully saturated rings. The van der Waals surface area contributed by atoms with Crippen LogP contribution in [-0.2, 0) is 11.3 Å². The van der Waals surface area contributed by atoms with Crippen molar-refractivity contribution in [1.29, 1.82) is 5.26 Å². The number of benzene rings is 2. The molecule has 5 rings (SSSR count). The smallest absolute Gasteiger partial charge is 0.246 e. The standard InChI is InChI=1S/C27H25N7O2/c28-15-5-4-10-23(35)33-16-6-7-20(33)17-34-27-24(26(29)30-18-31-27)25(32-34)19-11-13-22(14-12-19)36-21-8-2-1-3-9-21/h1-4,8-14,18,20H,5-7,16-17H2,(H2,29,30,31)/b10-4-/t20-/m0/s1. The minimum Gasteiger partial charge on any atom is -0.457 e. The third-order valence-electron chi connectivity index (χ3n) is 6.18. The maximum atomic E-state index is 12.7. The summed E-state index contributed by atoms with van der Waals surface area (Å²) in [4.78, 5) is 23.2. The maximum absolute atomic E-state index is 12.7. The normalized spacial score (nSPS) is 15.4. The number of anilines is 1. The van der Waals surface area contributed by atoms with Crippen LogP contribution in [0.3, 0.4) is 0 Å². The van der Waals surface area contributed by atoms with Crippen LogP contribution in [-0.4, -0.2) is 43.1 Å². The van der Waals surface area contributed by atoms with Gasteiger partial charge in [0.05, 0.1) is 30.5 Å². The molecule has 1 aliphatic rings. The Bertz CT molecular complexity index is 1440. The van der Waals surface area contributed by atoms with Crippen molar-refractivity contribution in [2.24, 2.45) is 0 Å². The summed E-state index contributed by atoms with van der Waals surface area (Å²) in [6, 6.07) is 19.2. The number of para-hydroxylation sites is 1. The van der Waals surface area contributed by atoms with Crippen LogP contribution in [0.1, 0.15) is 19.3 Å². The monoisotopic (exact) mass is 479 g/mol. The molecule has 1 amide bonds. The van der Waals surface area contributed by atoms with Crippen molar-refractivity contribution in [1.82, 2.24) is 24.6 Å². The summed E-state index contributed by atoms with van der Waals surface area (Å²) < 4.78 is 7.72. The largest absolute Gasteiger partial charge is 0.457 e. The van der Waals surface area contributed by atoms with E-state index in [1.165, 1.54) is 12.4 Å². The highest BCUT2D eigenvalue weighted by Gasteiger charge is 2.29. The lowest BCUT2D eigenvalue weighted by Gasteiger charge is -2.23. The summed E-state index contributed by atoms with van der Waals surface area (Å²) in [6.45, 7) is 1.16. The number of allylic oxidation sites excluding steroid dienone is 1. The van der Waals surface area contributed by atoms with Crippen molar-refractivity contribution in [3.8, 4) is 28.8 Å². The number of carbonyl (C=O) groups excluding carboxylic acids is 1. The van der Waals surface area contributed by atoms with Crippen LogP contribution in [0.15, 0.2) is 73.1 Å². The number of fused-ring (bicyclic) bond motifs is 1. The highest BCUT2D eigenvalue weighted by atomic mass is 16.5. The Morgan fingerprint density at radius 1 is 1.14 bits per heavy atom. The molecule has 0 bridgehead atoms. The highest BCUT2D eigenvalue weighted by Crippen LogP contribution is 2.33. The molecule has 0 aliphatic carbocycles. The number of hydrogen-bond acceptors (Lipinski definition) is 7. The van der Waals surface area contributed by atoms with E-state index in [1.807, 2.05) is 70.2 Å². The summed E-state index contributed by atoms with van der Waals surface area (Å²) in [7, 11) is 0. The molecule has 0 radical (unpaired) electrons. The van der Waals surface area contributed by atoms with Crippen molar-refractivity contribution in [3.63, 3.8) is 0 Å². The number of rotatable bonds is 7. The summed E-state index contributed by atoms with van der Waals surface area (Å²) in [5.74, 6) is 1.73. The van der Waals surface area contributed by atoms with E-state index in [-0.39, 0.29) is 18.4 Å². The molecule has 1 aliphatic heterocycles. The van der Waals surface area contributed by atoms with Gasteiger partial charge >= 0.3 is 0 Å². The van der Waals surface area contributed by atoms with E-state index < -0.39 is 0 Å². The number of nitrogen functional groups attached to an aromatic ring is 1. The zero-order valence-electron chi connectivity index (χ0n) is 19.6. The van der Waals surface area contributed by atoms with Gasteiger partial charge in [-0.25, -0.2) is 14.6 Å². The second kappa shape index (κ2) is 10.3. The number of ether oxygens (including phenoxy) is 1. The van der Waals surface area contributed by atoms with Gasteiger partial charge in [-0.05, 0) is 49.2 Å². The zero-order valence-corrected chi connectivity index (χ0v) is 19.6. The molecule has 1 atom stereocenters. The fraction of sp³-hybridized carbons (Fsp3) is 0.222. The van der Waals surface area contributed by atoms with E-state index in [0.717, 1.165) is 24.2 Å². The van der Waals surface area contributed by atoms with E-state index in [4.69, 9.17) is 20.8 Å². The summed E-state index contributed by atoms with van der Waals surface area (Å²) in [6.07, 6.45) is 6.49. The molecule has 0 saturated carbocycles. The quantitative estimate of drug-likeness (QED) is 0.391. The number of nitrogens with zero attached hydrogens (tertiary/aromatic N) is 6. The summed E-state index contributed by atoms with van der Waals surface area (Å²) in [5.41, 5.74) is 8.43. The van der Waals surface area contributed by atoms with Crippen molar-refractivity contribution in [2.75, 3.05) is 12.3 Å². The van der Waals surface area contributed by atoms with E-state index in [0.29, 0.717) is 41.4 Å². The van der Waals surface area contributed by atoms with E-state index in [9.17, 15) is 4.79 Å². The van der Waals surface area contributed by atoms with Gasteiger partial charge in [-0.3, -0.25) is 4.79 Å². The number of nitriles is 1. The summed E-state index contributed by atoms with van der Waals surface area (Å²) >= 11 is 0. The van der Waals surface area contributed by atoms with Crippen molar-refractivity contribution in [2.45, 2.75) is 31.8 Å². The molecule has 0 spiro atoms. The first kappa shape index (κ1) is 23.1. The van der Waals surface area contributed by atoms with Gasteiger partial charge in [-0.15, -0.1) is 0 Å². The number of aromatic nitrogens is 4. The molecular weight excluding hydrogens is 454 g/mol. The second-order valence-corrected chi connectivity index (χ2v) is 8.52. The molecule has 36 heavy (non-hydrogen) atoms. The van der Waals surface area contributed by atoms with Crippen LogP contribution in [0.4, 0.5) is 5.82 Å². The van der Waals surface area contributed by atoms with Crippen LogP contribution >= 0.6 is 0 Å². The highest BCUT2D eigenvalue weighted by molar-refractivity contribution is 5.98. The molecule has 4 aromatic rings. The lowest BCUT2D eigenvalue weighted by Crippen LogP contribution is -2.37. The Hall–Kier alpha value is -4.71. The van der Waals surface area contributed by atoms with Crippen LogP contribution in [0.2, 0.25) is 0 Å². The molecule has 3 heterocycles. The van der Waals surface area contributed by atoms with E-state index >= 15 is 0 Å². The van der Waals surface area contributed by atoms with Crippen LogP contribution in [0, 0.1) is 11.3 Å². The third kappa shape index (κ3) is 4.74. The molecule has 9 nitrogen and oxygen atoms in total. The first-order chi connectivity index (χ1) is 17.6. The molecular formula is C27H25N7O2. The first-order valence-corrected chi connectivity index (χ1v) is 11.8. The van der Waals surface area contributed by atoms with Gasteiger partial charge in [-0.1, -0.05) is 24.3 Å². The second-order valence-electron chi connectivity index (χ2n) is 8.52. The van der Waals surface area contributed by atoms with E-state index in [1.54, 1.807) is 6.08 Å². The van der Waals surface area contributed by atoms with Crippen molar-refractivity contribution < 1.29 is 9.53 Å². The van der Waals surface area contributed by atoms with Crippen molar-refractivity contribution >= 4 is 22.8 Å². The minimum absolute atomic E-state index is 0.0296. The number of amides is 1. The van der Waals surface area contributed by atoms with Crippen LogP contribution in [0.5, 0.6) is 11.5 Å². The Labute approximate surface area is 208 Å². The van der Waals surface area contributed by atoms with Gasteiger partial charge in [-0.2, -0.15) is 10.4 Å². The SMILES string of the molecule is N#CC/C=C\C(=O)N1CCC[C@H]1Cn1nc(-c2ccc(Oc3ccccc3)cc2)c2c(N)ncnc21. The van der Waals surface area contributed by atoms with Crippen LogP contribution < -0.4 is 10.5 Å². The van der Waals surface area contributed by atoms with Gasteiger partial charge < -0.3 is 15.4 Å².